The molecule has 0 saturated carbocycles. The highest BCUT2D eigenvalue weighted by Crippen LogP contribution is 2.40. The second-order valence-electron chi connectivity index (χ2n) is 5.64. The van der Waals surface area contributed by atoms with Gasteiger partial charge in [-0.15, -0.1) is 11.3 Å². The van der Waals surface area contributed by atoms with Gasteiger partial charge >= 0.3 is 0 Å². The Balaban J connectivity index is 1.88. The zero-order valence-electron chi connectivity index (χ0n) is 12.9. The number of thiocarbonyl (C=S) groups is 1. The van der Waals surface area contributed by atoms with Gasteiger partial charge in [0.2, 0.25) is 0 Å². The number of hydrogen-bond acceptors (Lipinski definition) is 4. The van der Waals surface area contributed by atoms with Gasteiger partial charge in [0.1, 0.15) is 0 Å². The molecule has 2 aromatic rings. The van der Waals surface area contributed by atoms with E-state index < -0.39 is 0 Å². The minimum atomic E-state index is -0.183. The van der Waals surface area contributed by atoms with E-state index in [4.69, 9.17) is 21.7 Å². The van der Waals surface area contributed by atoms with Crippen LogP contribution >= 0.6 is 23.6 Å². The summed E-state index contributed by atoms with van der Waals surface area (Å²) in [5, 5.41) is 2.22. The maximum Gasteiger partial charge on any atom is 0.0979 e. The minimum absolute atomic E-state index is 0.183. The van der Waals surface area contributed by atoms with Gasteiger partial charge < -0.3 is 9.47 Å². The van der Waals surface area contributed by atoms with Gasteiger partial charge in [0, 0.05) is 42.9 Å². The molecule has 0 aliphatic carbocycles. The Morgan fingerprint density at radius 1 is 1.23 bits per heavy atom. The molecule has 2 nitrogen and oxygen atoms in total. The van der Waals surface area contributed by atoms with E-state index in [0.717, 1.165) is 36.5 Å². The maximum atomic E-state index is 5.87. The summed E-state index contributed by atoms with van der Waals surface area (Å²) in [5.74, 6) is 0. The third kappa shape index (κ3) is 3.01. The van der Waals surface area contributed by atoms with Crippen LogP contribution in [0.15, 0.2) is 35.7 Å². The van der Waals surface area contributed by atoms with Crippen LogP contribution in [0, 0.1) is 0 Å². The lowest BCUT2D eigenvalue weighted by Gasteiger charge is -2.35. The molecule has 1 saturated heterocycles. The molecule has 0 bridgehead atoms. The quantitative estimate of drug-likeness (QED) is 0.591. The van der Waals surface area contributed by atoms with Crippen LogP contribution in [0.3, 0.4) is 0 Å². The smallest absolute Gasteiger partial charge is 0.0979 e. The van der Waals surface area contributed by atoms with E-state index in [-0.39, 0.29) is 5.60 Å². The normalized spacial score (nSPS) is 17.4. The van der Waals surface area contributed by atoms with Crippen molar-refractivity contribution in [1.82, 2.24) is 0 Å². The van der Waals surface area contributed by atoms with E-state index in [1.165, 1.54) is 16.0 Å². The monoisotopic (exact) mass is 332 g/mol. The SMILES string of the molecule is COC1(c2csc(-c3ccc(C(C)=S)cc3)c2)CCOCC1. The van der Waals surface area contributed by atoms with Gasteiger partial charge in [-0.3, -0.25) is 0 Å². The lowest BCUT2D eigenvalue weighted by Crippen LogP contribution is -2.35. The van der Waals surface area contributed by atoms with Crippen molar-refractivity contribution in [2.75, 3.05) is 20.3 Å². The van der Waals surface area contributed by atoms with Crippen molar-refractivity contribution < 1.29 is 9.47 Å². The molecule has 1 aromatic heterocycles. The van der Waals surface area contributed by atoms with E-state index in [1.807, 2.05) is 6.92 Å². The third-order valence-corrected chi connectivity index (χ3v) is 5.61. The predicted octanol–water partition coefficient (Wildman–Crippen LogP) is 4.81. The molecule has 0 amide bonds. The van der Waals surface area contributed by atoms with Crippen molar-refractivity contribution in [2.24, 2.45) is 0 Å². The van der Waals surface area contributed by atoms with Gasteiger partial charge in [0.15, 0.2) is 0 Å². The lowest BCUT2D eigenvalue weighted by atomic mass is 9.87. The number of benzene rings is 1. The van der Waals surface area contributed by atoms with Crippen LogP contribution in [0.4, 0.5) is 0 Å². The van der Waals surface area contributed by atoms with Crippen LogP contribution in [0.2, 0.25) is 0 Å². The van der Waals surface area contributed by atoms with E-state index in [1.54, 1.807) is 18.4 Å². The van der Waals surface area contributed by atoms with Crippen LogP contribution in [-0.4, -0.2) is 25.2 Å². The van der Waals surface area contributed by atoms with E-state index >= 15 is 0 Å². The summed E-state index contributed by atoms with van der Waals surface area (Å²) < 4.78 is 11.4. The molecule has 0 atom stereocenters. The first-order chi connectivity index (χ1) is 10.6. The lowest BCUT2D eigenvalue weighted by molar-refractivity contribution is -0.0945. The molecule has 0 unspecified atom stereocenters. The zero-order chi connectivity index (χ0) is 15.6. The molecule has 1 aromatic carbocycles. The van der Waals surface area contributed by atoms with Gasteiger partial charge in [-0.05, 0) is 35.1 Å². The topological polar surface area (TPSA) is 18.5 Å². The van der Waals surface area contributed by atoms with Gasteiger partial charge in [0.25, 0.3) is 0 Å². The molecule has 3 rings (SSSR count). The molecule has 1 aliphatic rings. The van der Waals surface area contributed by atoms with Crippen LogP contribution in [0.1, 0.15) is 30.9 Å². The first kappa shape index (κ1) is 15.8. The van der Waals surface area contributed by atoms with Crippen LogP contribution in [-0.2, 0) is 15.1 Å². The Labute approximate surface area is 141 Å². The van der Waals surface area contributed by atoms with Crippen LogP contribution in [0.5, 0.6) is 0 Å². The fraction of sp³-hybridized carbons (Fsp3) is 0.389. The molecular weight excluding hydrogens is 312 g/mol. The molecule has 0 N–H and O–H groups in total. The molecule has 0 radical (unpaired) electrons. The van der Waals surface area contributed by atoms with Gasteiger partial charge in [-0.2, -0.15) is 0 Å². The summed E-state index contributed by atoms with van der Waals surface area (Å²) in [6.45, 7) is 3.49. The number of rotatable bonds is 4. The standard InChI is InChI=1S/C18H20O2S2/c1-13(21)14-3-5-15(6-4-14)17-11-16(12-22-17)18(19-2)7-9-20-10-8-18/h3-6,11-12H,7-10H2,1-2H3. The molecule has 1 aliphatic heterocycles. The van der Waals surface area contributed by atoms with Gasteiger partial charge in [-0.1, -0.05) is 36.5 Å². The Kier molecular flexibility index (Phi) is 4.73. The predicted molar refractivity (Wildman–Crippen MR) is 95.9 cm³/mol. The largest absolute Gasteiger partial charge is 0.381 e. The first-order valence-electron chi connectivity index (χ1n) is 7.48. The molecule has 116 valence electrons. The molecular formula is C18H20O2S2. The number of hydrogen-bond donors (Lipinski definition) is 0. The first-order valence-corrected chi connectivity index (χ1v) is 8.77. The van der Waals surface area contributed by atoms with Crippen LogP contribution in [0.25, 0.3) is 10.4 Å². The minimum Gasteiger partial charge on any atom is -0.381 e. The molecule has 22 heavy (non-hydrogen) atoms. The zero-order valence-corrected chi connectivity index (χ0v) is 14.6. The van der Waals surface area contributed by atoms with Crippen molar-refractivity contribution in [1.29, 1.82) is 0 Å². The van der Waals surface area contributed by atoms with Crippen molar-refractivity contribution in [3.05, 3.63) is 46.8 Å². The summed E-state index contributed by atoms with van der Waals surface area (Å²) in [5.41, 5.74) is 3.44. The van der Waals surface area contributed by atoms with Crippen molar-refractivity contribution >= 4 is 28.4 Å². The van der Waals surface area contributed by atoms with E-state index in [9.17, 15) is 0 Å². The molecule has 4 heteroatoms. The fourth-order valence-corrected chi connectivity index (χ4v) is 4.05. The van der Waals surface area contributed by atoms with Crippen molar-refractivity contribution in [3.8, 4) is 10.4 Å². The van der Waals surface area contributed by atoms with E-state index in [0.29, 0.717) is 0 Å². The second-order valence-corrected chi connectivity index (χ2v) is 7.17. The highest BCUT2D eigenvalue weighted by atomic mass is 32.1. The highest BCUT2D eigenvalue weighted by Gasteiger charge is 2.35. The Morgan fingerprint density at radius 2 is 1.91 bits per heavy atom. The molecule has 1 fully saturated rings. The van der Waals surface area contributed by atoms with Gasteiger partial charge in [-0.25, -0.2) is 0 Å². The fourth-order valence-electron chi connectivity index (χ4n) is 2.91. The molecule has 0 spiro atoms. The average Bonchev–Trinajstić information content (AvgIpc) is 3.06. The average molecular weight is 332 g/mol. The Hall–Kier alpha value is -1.07. The van der Waals surface area contributed by atoms with Crippen molar-refractivity contribution in [2.45, 2.75) is 25.4 Å². The number of ether oxygens (including phenoxy) is 2. The summed E-state index contributed by atoms with van der Waals surface area (Å²) in [6.07, 6.45) is 1.84. The van der Waals surface area contributed by atoms with Gasteiger partial charge in [0.05, 0.1) is 5.60 Å². The Bertz CT molecular complexity index is 652. The summed E-state index contributed by atoms with van der Waals surface area (Å²) in [6, 6.07) is 10.7. The highest BCUT2D eigenvalue weighted by molar-refractivity contribution is 7.80. The molecule has 2 heterocycles. The summed E-state index contributed by atoms with van der Waals surface area (Å²) in [4.78, 5) is 2.20. The summed E-state index contributed by atoms with van der Waals surface area (Å²) in [7, 11) is 1.81. The van der Waals surface area contributed by atoms with Crippen molar-refractivity contribution in [3.63, 3.8) is 0 Å². The third-order valence-electron chi connectivity index (χ3n) is 4.39. The van der Waals surface area contributed by atoms with Crippen LogP contribution < -0.4 is 0 Å². The Morgan fingerprint density at radius 3 is 2.50 bits per heavy atom. The number of methoxy groups -OCH3 is 1. The van der Waals surface area contributed by atoms with E-state index in [2.05, 4.69) is 35.7 Å². The second kappa shape index (κ2) is 6.59. The summed E-state index contributed by atoms with van der Waals surface area (Å²) >= 11 is 6.99. The maximum absolute atomic E-state index is 5.87. The number of thiophene rings is 1.